The molecule has 0 fully saturated rings. The second-order valence-electron chi connectivity index (χ2n) is 5.27. The summed E-state index contributed by atoms with van der Waals surface area (Å²) in [5.74, 6) is -0.204. The van der Waals surface area contributed by atoms with Gasteiger partial charge >= 0.3 is 0 Å². The summed E-state index contributed by atoms with van der Waals surface area (Å²) in [5, 5.41) is 21.5. The topological polar surface area (TPSA) is 138 Å². The zero-order chi connectivity index (χ0) is 19.4. The number of hydrogen-bond acceptors (Lipinski definition) is 7. The molecule has 1 amide bonds. The van der Waals surface area contributed by atoms with E-state index in [1.165, 1.54) is 41.6 Å². The molecule has 3 rings (SSSR count). The number of nitrogens with one attached hydrogen (secondary N) is 1. The van der Waals surface area contributed by atoms with Gasteiger partial charge in [-0.15, -0.1) is 5.10 Å². The van der Waals surface area contributed by atoms with Crippen molar-refractivity contribution >= 4 is 23.2 Å². The lowest BCUT2D eigenvalue weighted by Crippen LogP contribution is -2.32. The first-order valence-corrected chi connectivity index (χ1v) is 7.99. The Morgan fingerprint density at radius 1 is 1.30 bits per heavy atom. The Balaban J connectivity index is 1.69. The zero-order valence-electron chi connectivity index (χ0n) is 13.6. The molecule has 12 heteroatoms. The molecule has 0 unspecified atom stereocenters. The van der Waals surface area contributed by atoms with Crippen LogP contribution in [-0.4, -0.2) is 41.9 Å². The second kappa shape index (κ2) is 7.74. The van der Waals surface area contributed by atoms with Gasteiger partial charge in [-0.05, 0) is 12.1 Å². The lowest BCUT2D eigenvalue weighted by atomic mass is 10.2. The molecule has 27 heavy (non-hydrogen) atoms. The van der Waals surface area contributed by atoms with Crippen molar-refractivity contribution in [3.63, 3.8) is 0 Å². The van der Waals surface area contributed by atoms with Gasteiger partial charge in [-0.2, -0.15) is 5.10 Å². The number of nitrogens with zero attached hydrogens (tertiary/aromatic N) is 6. The molecular weight excluding hydrogens is 378 g/mol. The van der Waals surface area contributed by atoms with Crippen LogP contribution in [-0.2, 0) is 6.54 Å². The molecule has 1 N–H and O–H groups in total. The summed E-state index contributed by atoms with van der Waals surface area (Å²) in [6.45, 7) is 0.144. The van der Waals surface area contributed by atoms with Crippen molar-refractivity contribution in [3.05, 3.63) is 74.0 Å². The van der Waals surface area contributed by atoms with Crippen molar-refractivity contribution in [2.75, 3.05) is 6.54 Å². The highest BCUT2D eigenvalue weighted by Crippen LogP contribution is 2.21. The van der Waals surface area contributed by atoms with Gasteiger partial charge in [-0.3, -0.25) is 19.7 Å². The summed E-state index contributed by atoms with van der Waals surface area (Å²) in [7, 11) is 0. The Morgan fingerprint density at radius 2 is 2.11 bits per heavy atom. The number of nitro groups is 1. The first kappa shape index (κ1) is 18.2. The van der Waals surface area contributed by atoms with E-state index in [0.29, 0.717) is 5.82 Å². The van der Waals surface area contributed by atoms with Crippen molar-refractivity contribution in [1.82, 2.24) is 29.9 Å². The van der Waals surface area contributed by atoms with Crippen LogP contribution in [0.4, 0.5) is 5.69 Å². The molecule has 0 aliphatic rings. The summed E-state index contributed by atoms with van der Waals surface area (Å²) in [6, 6.07) is 6.39. The lowest BCUT2D eigenvalue weighted by Gasteiger charge is -2.09. The van der Waals surface area contributed by atoms with Gasteiger partial charge in [0.05, 0.1) is 22.1 Å². The van der Waals surface area contributed by atoms with E-state index >= 15 is 0 Å². The third-order valence-electron chi connectivity index (χ3n) is 3.52. The Hall–Kier alpha value is -3.60. The van der Waals surface area contributed by atoms with Gasteiger partial charge in [-0.1, -0.05) is 11.6 Å². The van der Waals surface area contributed by atoms with Gasteiger partial charge in [0, 0.05) is 24.7 Å². The van der Waals surface area contributed by atoms with Gasteiger partial charge in [0.2, 0.25) is 0 Å². The number of amides is 1. The van der Waals surface area contributed by atoms with E-state index in [0.717, 1.165) is 10.7 Å². The highest BCUT2D eigenvalue weighted by molar-refractivity contribution is 6.33. The largest absolute Gasteiger partial charge is 0.350 e. The average molecular weight is 390 g/mol. The van der Waals surface area contributed by atoms with E-state index in [9.17, 15) is 19.7 Å². The Kier molecular flexibility index (Phi) is 5.22. The molecule has 0 spiro atoms. The molecule has 0 radical (unpaired) electrons. The van der Waals surface area contributed by atoms with Crippen molar-refractivity contribution in [2.45, 2.75) is 6.54 Å². The first-order chi connectivity index (χ1) is 13.0. The number of carbonyl (C=O) groups excluding carboxylic acids is 1. The second-order valence-corrected chi connectivity index (χ2v) is 5.68. The molecule has 11 nitrogen and oxygen atoms in total. The number of nitro benzene ring substituents is 1. The van der Waals surface area contributed by atoms with Crippen molar-refractivity contribution in [1.29, 1.82) is 0 Å². The molecule has 138 valence electrons. The lowest BCUT2D eigenvalue weighted by molar-refractivity contribution is -0.384. The molecular formula is C15H12ClN7O4. The number of benzene rings is 1. The minimum Gasteiger partial charge on any atom is -0.350 e. The molecule has 2 heterocycles. The number of hydrogen-bond donors (Lipinski definition) is 1. The maximum Gasteiger partial charge on any atom is 0.270 e. The van der Waals surface area contributed by atoms with E-state index < -0.39 is 10.8 Å². The van der Waals surface area contributed by atoms with Crippen LogP contribution < -0.4 is 10.9 Å². The van der Waals surface area contributed by atoms with Crippen molar-refractivity contribution in [2.24, 2.45) is 0 Å². The Bertz CT molecular complexity index is 1050. The van der Waals surface area contributed by atoms with E-state index in [2.05, 4.69) is 20.5 Å². The molecule has 0 aliphatic heterocycles. The van der Waals surface area contributed by atoms with E-state index in [-0.39, 0.29) is 34.9 Å². The van der Waals surface area contributed by atoms with Crippen LogP contribution in [0.25, 0.3) is 5.82 Å². The van der Waals surface area contributed by atoms with E-state index in [1.54, 1.807) is 0 Å². The maximum absolute atomic E-state index is 12.2. The average Bonchev–Trinajstić information content (AvgIpc) is 3.18. The fraction of sp³-hybridized carbons (Fsp3) is 0.133. The molecule has 0 atom stereocenters. The number of non-ortho nitro benzene ring substituents is 1. The van der Waals surface area contributed by atoms with E-state index in [1.807, 2.05) is 0 Å². The first-order valence-electron chi connectivity index (χ1n) is 7.61. The Labute approximate surface area is 156 Å². The highest BCUT2D eigenvalue weighted by atomic mass is 35.5. The number of aromatic nitrogens is 5. The quantitative estimate of drug-likeness (QED) is 0.486. The van der Waals surface area contributed by atoms with E-state index in [4.69, 9.17) is 11.6 Å². The summed E-state index contributed by atoms with van der Waals surface area (Å²) in [4.78, 5) is 38.1. The van der Waals surface area contributed by atoms with Gasteiger partial charge in [0.25, 0.3) is 17.2 Å². The fourth-order valence-electron chi connectivity index (χ4n) is 2.22. The molecule has 0 aliphatic carbocycles. The van der Waals surface area contributed by atoms with Gasteiger partial charge in [-0.25, -0.2) is 14.3 Å². The van der Waals surface area contributed by atoms with Crippen LogP contribution in [0.15, 0.2) is 47.8 Å². The van der Waals surface area contributed by atoms with Crippen molar-refractivity contribution in [3.8, 4) is 5.82 Å². The summed E-state index contributed by atoms with van der Waals surface area (Å²) in [5.41, 5.74) is -0.632. The van der Waals surface area contributed by atoms with Gasteiger partial charge in [0.15, 0.2) is 5.82 Å². The number of rotatable bonds is 6. The summed E-state index contributed by atoms with van der Waals surface area (Å²) in [6.07, 6.45) is 2.77. The standard InChI is InChI=1S/C15H12ClN7O4/c16-12-2-1-10(23(26)27)7-11(12)15(25)18-5-6-21-14(24)4-3-13(20-21)22-9-17-8-19-22/h1-4,7-9H,5-6H2,(H,18,25). The maximum atomic E-state index is 12.2. The predicted molar refractivity (Wildman–Crippen MR) is 93.9 cm³/mol. The monoisotopic (exact) mass is 389 g/mol. The normalized spacial score (nSPS) is 10.6. The molecule has 3 aromatic rings. The van der Waals surface area contributed by atoms with Crippen LogP contribution in [0.1, 0.15) is 10.4 Å². The third kappa shape index (κ3) is 4.15. The molecule has 2 aromatic heterocycles. The zero-order valence-corrected chi connectivity index (χ0v) is 14.4. The van der Waals surface area contributed by atoms with Crippen LogP contribution in [0.5, 0.6) is 0 Å². The third-order valence-corrected chi connectivity index (χ3v) is 3.85. The number of carbonyl (C=O) groups is 1. The van der Waals surface area contributed by atoms with Crippen LogP contribution in [0, 0.1) is 10.1 Å². The smallest absolute Gasteiger partial charge is 0.270 e. The van der Waals surface area contributed by atoms with Crippen molar-refractivity contribution < 1.29 is 9.72 Å². The van der Waals surface area contributed by atoms with Gasteiger partial charge < -0.3 is 5.32 Å². The minimum absolute atomic E-state index is 0.0254. The molecule has 0 saturated heterocycles. The summed E-state index contributed by atoms with van der Waals surface area (Å²) >= 11 is 5.93. The highest BCUT2D eigenvalue weighted by Gasteiger charge is 2.15. The predicted octanol–water partition coefficient (Wildman–Crippen LogP) is 0.816. The molecule has 1 aromatic carbocycles. The Morgan fingerprint density at radius 3 is 2.81 bits per heavy atom. The molecule has 0 saturated carbocycles. The minimum atomic E-state index is -0.619. The SMILES string of the molecule is O=C(NCCn1nc(-n2cncn2)ccc1=O)c1cc([N+](=O)[O-])ccc1Cl. The van der Waals surface area contributed by atoms with Crippen LogP contribution in [0.2, 0.25) is 5.02 Å². The van der Waals surface area contributed by atoms with Crippen LogP contribution in [0.3, 0.4) is 0 Å². The van der Waals surface area contributed by atoms with Crippen LogP contribution >= 0.6 is 11.6 Å². The molecule has 0 bridgehead atoms. The number of halogens is 1. The van der Waals surface area contributed by atoms with Gasteiger partial charge in [0.1, 0.15) is 12.7 Å². The summed E-state index contributed by atoms with van der Waals surface area (Å²) < 4.78 is 2.55. The fourth-order valence-corrected chi connectivity index (χ4v) is 2.42.